The van der Waals surface area contributed by atoms with Crippen LogP contribution in [-0.4, -0.2) is 192 Å². The van der Waals surface area contributed by atoms with E-state index in [0.717, 1.165) is 16.7 Å². The number of rotatable bonds is 12. The van der Waals surface area contributed by atoms with Gasteiger partial charge in [-0.05, 0) is 186 Å². The van der Waals surface area contributed by atoms with Crippen LogP contribution in [0, 0.1) is 59.0 Å². The van der Waals surface area contributed by atoms with Gasteiger partial charge in [-0.25, -0.2) is 27.6 Å². The van der Waals surface area contributed by atoms with E-state index < -0.39 is 23.0 Å². The second kappa shape index (κ2) is 37.2. The van der Waals surface area contributed by atoms with E-state index in [1.54, 1.807) is 87.8 Å². The number of likely N-dealkylation sites (N-methyl/N-ethyl adjacent to an activating group) is 1. The minimum absolute atomic E-state index is 0.0164. The normalized spacial score (nSPS) is 17.6. The van der Waals surface area contributed by atoms with Crippen molar-refractivity contribution in [1.82, 2.24) is 72.0 Å². The van der Waals surface area contributed by atoms with Gasteiger partial charge in [-0.15, -0.1) is 0 Å². The Morgan fingerprint density at radius 2 is 0.731 bits per heavy atom. The van der Waals surface area contributed by atoms with Crippen molar-refractivity contribution in [3.8, 4) is 56.2 Å². The van der Waals surface area contributed by atoms with E-state index in [2.05, 4.69) is 59.8 Å². The number of piperazine rings is 3. The number of fused-ring (bicyclic) bond motifs is 18. The zero-order valence-electron chi connectivity index (χ0n) is 84.1. The van der Waals surface area contributed by atoms with E-state index >= 15 is 18.0 Å². The Morgan fingerprint density at radius 3 is 1.10 bits per heavy atom. The third-order valence-corrected chi connectivity index (χ3v) is 30.9. The van der Waals surface area contributed by atoms with E-state index in [-0.39, 0.29) is 144 Å². The summed E-state index contributed by atoms with van der Waals surface area (Å²) < 4.78 is 66.2. The highest BCUT2D eigenvalue weighted by Crippen LogP contribution is 2.54. The number of aryl methyl sites for hydroxylation is 9. The van der Waals surface area contributed by atoms with Crippen LogP contribution in [0.25, 0.3) is 116 Å². The van der Waals surface area contributed by atoms with Crippen LogP contribution >= 0.6 is 34.8 Å². The lowest BCUT2D eigenvalue weighted by molar-refractivity contribution is -0.129. The van der Waals surface area contributed by atoms with Crippen molar-refractivity contribution in [2.24, 2.45) is 21.1 Å². The first-order valence-electron chi connectivity index (χ1n) is 48.4. The molecule has 0 bridgehead atoms. The molecule has 3 saturated heterocycles. The number of aromatic amines is 3. The maximum Gasteiger partial charge on any atom is 0.326 e. The number of benzene rings is 6. The molecule has 15 aromatic rings. The van der Waals surface area contributed by atoms with E-state index in [1.165, 1.54) is 54.7 Å². The molecule has 6 atom stereocenters. The van der Waals surface area contributed by atoms with Gasteiger partial charge in [0.05, 0.1) is 134 Å². The number of pyridine rings is 6. The van der Waals surface area contributed by atoms with E-state index in [9.17, 15) is 38.4 Å². The molecule has 6 aliphatic heterocycles. The fourth-order valence-corrected chi connectivity index (χ4v) is 23.9. The van der Waals surface area contributed by atoms with Crippen LogP contribution in [0.15, 0.2) is 158 Å². The molecule has 0 radical (unpaired) electrons. The maximum atomic E-state index is 17.0. The number of aromatic nitrogens is 12. The summed E-state index contributed by atoms with van der Waals surface area (Å²) in [6, 6.07) is 19.4. The highest BCUT2D eigenvalue weighted by molar-refractivity contribution is 6.41. The fraction of sp³-hybridized carbons (Fsp3) is 0.339. The van der Waals surface area contributed by atoms with Crippen LogP contribution in [0.2, 0.25) is 15.1 Å². The molecule has 3 amide bonds. The van der Waals surface area contributed by atoms with Gasteiger partial charge >= 0.3 is 17.1 Å². The molecule has 6 aromatic carbocycles. The first-order chi connectivity index (χ1) is 69.0. The molecular formula is C109H112Cl3F3N20O10. The standard InChI is InChI=1S/C37H39ClFN7O3.C36H37ClFN7O3.C36H36ClFN6O4/c1-9-26(47)44-17-22-16-42(7)35-33(45(22)15-21(44)6)23-14-24(39)28(27-19(4)10-11-25-34(27)43(8)37(49)41-25)29(38)32(23)46(36(35)48)31-20(5)12-13-40-30(31)18(2)3;1-8-25(46)43-16-21-14-40-30-33(44(21)15-20(43)6)22-13-23(38)27(26-18(4)9-10-24-34(26)42(7)36(48)41-24)28(37)32(22)45(35(30)47)31-19(5)11-12-39-29(31)17(2)3;1-8-25(45)42-15-21-16-48-34-32(43(21)14-20(42)6)22-13-23(38)27(26-18(4)9-10-24-33(26)41(7)36(47)40-24)28(37)31(22)44(35(34)46)30-19(5)11-12-39-29(30)17(2)3/h9-14,18,21-22H,1,15-17H2,2-8H3,(H,41,49);8-13,17,20-21,40H,1,14-16H2,2-7H3,(H,41,48);8-13,17,20-21H,1,14-16H2,2-7H3,(H,40,47). The monoisotopic (exact) mass is 2020 g/mol. The smallest absolute Gasteiger partial charge is 0.326 e. The number of ether oxygens (including phenoxy) is 1. The summed E-state index contributed by atoms with van der Waals surface area (Å²) in [5, 5.41) is 4.78. The highest BCUT2D eigenvalue weighted by Gasteiger charge is 2.47. The average Bonchev–Trinajstić information content (AvgIpc) is 0.767. The van der Waals surface area contributed by atoms with Gasteiger partial charge in [0.25, 0.3) is 16.7 Å². The van der Waals surface area contributed by atoms with Gasteiger partial charge in [-0.1, -0.05) is 114 Å². The molecule has 4 N–H and O–H groups in total. The highest BCUT2D eigenvalue weighted by atomic mass is 35.5. The van der Waals surface area contributed by atoms with Gasteiger partial charge in [0, 0.05) is 167 Å². The van der Waals surface area contributed by atoms with E-state index in [1.807, 2.05) is 151 Å². The zero-order valence-corrected chi connectivity index (χ0v) is 86.3. The molecule has 3 fully saturated rings. The Morgan fingerprint density at radius 1 is 0.400 bits per heavy atom. The summed E-state index contributed by atoms with van der Waals surface area (Å²) in [6.45, 7) is 43.6. The first kappa shape index (κ1) is 99.1. The summed E-state index contributed by atoms with van der Waals surface area (Å²) >= 11 is 22.3. The number of H-pyrrole nitrogens is 3. The Hall–Kier alpha value is -14.7. The van der Waals surface area contributed by atoms with Gasteiger partial charge in [0.1, 0.15) is 35.4 Å². The number of amides is 3. The van der Waals surface area contributed by atoms with Crippen LogP contribution in [-0.2, 0) is 35.5 Å². The lowest BCUT2D eigenvalue weighted by Gasteiger charge is -2.51. The van der Waals surface area contributed by atoms with Crippen molar-refractivity contribution in [3.63, 3.8) is 0 Å². The molecule has 30 nitrogen and oxygen atoms in total. The third-order valence-electron chi connectivity index (χ3n) is 29.8. The van der Waals surface area contributed by atoms with Gasteiger partial charge in [0.2, 0.25) is 23.5 Å². The fourth-order valence-electron chi connectivity index (χ4n) is 22.8. The van der Waals surface area contributed by atoms with Crippen LogP contribution in [0.4, 0.5) is 41.6 Å². The third kappa shape index (κ3) is 15.6. The summed E-state index contributed by atoms with van der Waals surface area (Å²) in [7, 11) is 6.73. The Labute approximate surface area is 846 Å². The molecule has 9 aromatic heterocycles. The molecule has 0 spiro atoms. The number of anilines is 5. The van der Waals surface area contributed by atoms with E-state index in [0.29, 0.717) is 214 Å². The minimum Gasteiger partial charge on any atom is -0.484 e. The maximum absolute atomic E-state index is 17.0. The van der Waals surface area contributed by atoms with Crippen molar-refractivity contribution >= 4 is 147 Å². The second-order valence-corrected chi connectivity index (χ2v) is 41.1. The van der Waals surface area contributed by atoms with Gasteiger partial charge in [0.15, 0.2) is 0 Å². The SMILES string of the molecule is C=CC(=O)N1CC2CN(C)c3c(c4cc(F)c(-c5c(C)ccc6[nH]c(=O)n(C)c56)c(Cl)c4n(-c4c(C)ccnc4C(C)C)c3=O)N2CC1C.C=CC(=O)N1CC2CNc3c(c4cc(F)c(-c5c(C)ccc6[nH]c(=O)n(C)c56)c(Cl)c4n(-c4c(C)ccnc4C(C)C)c3=O)N2CC1C.C=CC(=O)N1CC2COc3c(c4cc(F)c(-c5c(C)ccc6[nH]c(=O)n(C)c56)c(Cl)c4n(-c4c(C)ccnc4C(C)C)c3=O)N2CC1C. The number of hydrogen-bond donors (Lipinski definition) is 4. The summed E-state index contributed by atoms with van der Waals surface area (Å²) in [5.74, 6) is -2.38. The average molecular weight is 2030 g/mol. The Bertz CT molecular complexity index is 8230. The van der Waals surface area contributed by atoms with Crippen LogP contribution in [0.1, 0.15) is 131 Å². The number of carbonyl (C=O) groups is 3. The molecule has 6 aliphatic rings. The van der Waals surface area contributed by atoms with Gasteiger partial charge in [-0.2, -0.15) is 0 Å². The molecule has 6 unspecified atom stereocenters. The molecule has 0 saturated carbocycles. The minimum atomic E-state index is -0.619. The van der Waals surface area contributed by atoms with E-state index in [4.69, 9.17) is 44.5 Å². The first-order valence-corrected chi connectivity index (χ1v) is 49.5. The van der Waals surface area contributed by atoms with Crippen LogP contribution in [0.3, 0.4) is 0 Å². The van der Waals surface area contributed by atoms with Crippen molar-refractivity contribution in [2.45, 2.75) is 158 Å². The molecular weight excluding hydrogens is 1910 g/mol. The number of carbonyl (C=O) groups excluding carboxylic acids is 3. The number of nitrogens with one attached hydrogen (secondary N) is 4. The predicted octanol–water partition coefficient (Wildman–Crippen LogP) is 17.3. The molecule has 145 heavy (non-hydrogen) atoms. The second-order valence-electron chi connectivity index (χ2n) is 40.0. The largest absolute Gasteiger partial charge is 0.484 e. The number of hydrogen-bond acceptors (Lipinski definition) is 18. The lowest BCUT2D eigenvalue weighted by Crippen LogP contribution is -2.64. The summed E-state index contributed by atoms with van der Waals surface area (Å²) in [5.41, 5.74) is 14.3. The molecule has 21 rings (SSSR count). The topological polar surface area (TPSA) is 313 Å². The number of nitrogens with zero attached hydrogens (tertiary/aromatic N) is 16. The quantitative estimate of drug-likeness (QED) is 0.0826. The van der Waals surface area contributed by atoms with Crippen molar-refractivity contribution in [1.29, 1.82) is 0 Å². The number of imidazole rings is 3. The van der Waals surface area contributed by atoms with Crippen molar-refractivity contribution < 1.29 is 32.3 Å². The molecule has 36 heteroatoms. The van der Waals surface area contributed by atoms with Gasteiger partial charge in [-0.3, -0.25) is 71.1 Å². The lowest BCUT2D eigenvalue weighted by atomic mass is 9.94. The number of halogens is 6. The van der Waals surface area contributed by atoms with Crippen LogP contribution < -0.4 is 63.4 Å². The molecule has 750 valence electrons. The van der Waals surface area contributed by atoms with Crippen LogP contribution in [0.5, 0.6) is 5.75 Å². The van der Waals surface area contributed by atoms with Crippen molar-refractivity contribution in [3.05, 3.63) is 275 Å². The summed E-state index contributed by atoms with van der Waals surface area (Å²) in [4.78, 5) is 157. The Kier molecular flexibility index (Phi) is 25.4. The molecule has 15 heterocycles. The van der Waals surface area contributed by atoms with Gasteiger partial charge < -0.3 is 59.3 Å². The zero-order chi connectivity index (χ0) is 104. The molecule has 0 aliphatic carbocycles. The van der Waals surface area contributed by atoms with Crippen molar-refractivity contribution in [2.75, 3.05) is 90.9 Å². The Balaban J connectivity index is 0.000000137. The summed E-state index contributed by atoms with van der Waals surface area (Å²) in [6.07, 6.45) is 9.08. The predicted molar refractivity (Wildman–Crippen MR) is 570 cm³/mol.